The van der Waals surface area contributed by atoms with E-state index < -0.39 is 0 Å². The molecule has 18 heavy (non-hydrogen) atoms. The first kappa shape index (κ1) is 13.2. The van der Waals surface area contributed by atoms with Gasteiger partial charge in [-0.25, -0.2) is 4.98 Å². The highest BCUT2D eigenvalue weighted by Gasteiger charge is 2.04. The number of thiazole rings is 1. The third kappa shape index (κ3) is 3.91. The van der Waals surface area contributed by atoms with Crippen molar-refractivity contribution in [2.75, 3.05) is 13.1 Å². The van der Waals surface area contributed by atoms with E-state index in [2.05, 4.69) is 46.9 Å². The molecule has 1 atom stereocenters. The van der Waals surface area contributed by atoms with E-state index >= 15 is 0 Å². The zero-order valence-electron chi connectivity index (χ0n) is 10.6. The first-order chi connectivity index (χ1) is 8.75. The molecule has 0 aliphatic heterocycles. The molecule has 3 nitrogen and oxygen atoms in total. The summed E-state index contributed by atoms with van der Waals surface area (Å²) >= 11 is 1.64. The average Bonchev–Trinajstić information content (AvgIpc) is 2.88. The Morgan fingerprint density at radius 3 is 2.78 bits per heavy atom. The van der Waals surface area contributed by atoms with Crippen LogP contribution in [0.4, 0.5) is 0 Å². The van der Waals surface area contributed by atoms with Crippen molar-refractivity contribution in [2.24, 2.45) is 5.73 Å². The van der Waals surface area contributed by atoms with Crippen LogP contribution in [0, 0.1) is 6.92 Å². The van der Waals surface area contributed by atoms with Crippen LogP contribution in [0.3, 0.4) is 0 Å². The summed E-state index contributed by atoms with van der Waals surface area (Å²) in [5.41, 5.74) is 11.6. The van der Waals surface area contributed by atoms with Crippen molar-refractivity contribution in [3.8, 4) is 0 Å². The highest BCUT2D eigenvalue weighted by Crippen LogP contribution is 2.10. The van der Waals surface area contributed by atoms with Crippen LogP contribution in [0.1, 0.15) is 22.9 Å². The average molecular weight is 261 g/mol. The van der Waals surface area contributed by atoms with Gasteiger partial charge < -0.3 is 11.1 Å². The number of aryl methyl sites for hydroxylation is 1. The van der Waals surface area contributed by atoms with Crippen LogP contribution in [0.5, 0.6) is 0 Å². The summed E-state index contributed by atoms with van der Waals surface area (Å²) in [6, 6.07) is 8.46. The number of benzene rings is 1. The molecule has 1 heterocycles. The molecule has 0 amide bonds. The molecule has 1 aromatic carbocycles. The predicted octanol–water partition coefficient (Wildman–Crippen LogP) is 2.28. The molecule has 0 radical (unpaired) electrons. The quantitative estimate of drug-likeness (QED) is 0.784. The minimum absolute atomic E-state index is 0.0565. The summed E-state index contributed by atoms with van der Waals surface area (Å²) in [5.74, 6) is 0. The molecule has 0 saturated heterocycles. The summed E-state index contributed by atoms with van der Waals surface area (Å²) in [5, 5.41) is 5.46. The number of rotatable bonds is 6. The molecule has 2 aromatic rings. The molecular weight excluding hydrogens is 242 g/mol. The summed E-state index contributed by atoms with van der Waals surface area (Å²) in [6.45, 7) is 3.80. The van der Waals surface area contributed by atoms with Gasteiger partial charge in [-0.3, -0.25) is 0 Å². The lowest BCUT2D eigenvalue weighted by atomic mass is 10.1. The number of nitrogens with zero attached hydrogens (tertiary/aromatic N) is 1. The standard InChI is InChI=1S/C14H19N3S/c1-11-2-4-12(5-3-11)14(15)8-16-7-6-13-9-18-10-17-13/h2-5,9-10,14,16H,6-8,15H2,1H3. The Labute approximate surface area is 112 Å². The van der Waals surface area contributed by atoms with E-state index in [1.165, 1.54) is 11.1 Å². The van der Waals surface area contributed by atoms with Crippen molar-refractivity contribution < 1.29 is 0 Å². The highest BCUT2D eigenvalue weighted by molar-refractivity contribution is 7.07. The molecule has 0 spiro atoms. The number of hydrogen-bond acceptors (Lipinski definition) is 4. The van der Waals surface area contributed by atoms with Gasteiger partial charge in [0, 0.05) is 30.9 Å². The molecule has 4 heteroatoms. The maximum Gasteiger partial charge on any atom is 0.0794 e. The second kappa shape index (κ2) is 6.64. The fourth-order valence-electron chi connectivity index (χ4n) is 1.77. The molecule has 1 aromatic heterocycles. The summed E-state index contributed by atoms with van der Waals surface area (Å²) in [7, 11) is 0. The Bertz CT molecular complexity index is 450. The van der Waals surface area contributed by atoms with E-state index in [9.17, 15) is 0 Å². The van der Waals surface area contributed by atoms with Gasteiger partial charge in [0.2, 0.25) is 0 Å². The second-order valence-electron chi connectivity index (χ2n) is 4.45. The molecule has 0 aliphatic carbocycles. The lowest BCUT2D eigenvalue weighted by molar-refractivity contribution is 0.597. The van der Waals surface area contributed by atoms with Crippen molar-refractivity contribution in [3.05, 3.63) is 52.0 Å². The van der Waals surface area contributed by atoms with Gasteiger partial charge in [-0.2, -0.15) is 0 Å². The van der Waals surface area contributed by atoms with Crippen LogP contribution in [-0.2, 0) is 6.42 Å². The Kier molecular flexibility index (Phi) is 4.87. The monoisotopic (exact) mass is 261 g/mol. The fourth-order valence-corrected chi connectivity index (χ4v) is 2.36. The van der Waals surface area contributed by atoms with Gasteiger partial charge in [-0.1, -0.05) is 29.8 Å². The molecule has 0 fully saturated rings. The van der Waals surface area contributed by atoms with E-state index in [0.29, 0.717) is 0 Å². The van der Waals surface area contributed by atoms with Gasteiger partial charge in [0.1, 0.15) is 0 Å². The van der Waals surface area contributed by atoms with Gasteiger partial charge in [0.05, 0.1) is 11.2 Å². The SMILES string of the molecule is Cc1ccc(C(N)CNCCc2cscn2)cc1. The molecular formula is C14H19N3S. The summed E-state index contributed by atoms with van der Waals surface area (Å²) in [4.78, 5) is 4.25. The minimum Gasteiger partial charge on any atom is -0.323 e. The number of aromatic nitrogens is 1. The topological polar surface area (TPSA) is 50.9 Å². The molecule has 96 valence electrons. The largest absolute Gasteiger partial charge is 0.323 e. The van der Waals surface area contributed by atoms with Crippen LogP contribution in [-0.4, -0.2) is 18.1 Å². The summed E-state index contributed by atoms with van der Waals surface area (Å²) in [6.07, 6.45) is 0.962. The second-order valence-corrected chi connectivity index (χ2v) is 5.17. The van der Waals surface area contributed by atoms with Gasteiger partial charge in [0.25, 0.3) is 0 Å². The fraction of sp³-hybridized carbons (Fsp3) is 0.357. The molecule has 0 bridgehead atoms. The van der Waals surface area contributed by atoms with Crippen molar-refractivity contribution in [1.82, 2.24) is 10.3 Å². The normalized spacial score (nSPS) is 12.6. The molecule has 0 aliphatic rings. The molecule has 2 rings (SSSR count). The predicted molar refractivity (Wildman–Crippen MR) is 76.8 cm³/mol. The van der Waals surface area contributed by atoms with Crippen LogP contribution < -0.4 is 11.1 Å². The van der Waals surface area contributed by atoms with E-state index in [1.54, 1.807) is 11.3 Å². The lowest BCUT2D eigenvalue weighted by Crippen LogP contribution is -2.28. The molecule has 0 saturated carbocycles. The van der Waals surface area contributed by atoms with Crippen LogP contribution in [0.2, 0.25) is 0 Å². The van der Waals surface area contributed by atoms with Gasteiger partial charge >= 0.3 is 0 Å². The number of hydrogen-bond donors (Lipinski definition) is 2. The van der Waals surface area contributed by atoms with Crippen molar-refractivity contribution in [2.45, 2.75) is 19.4 Å². The molecule has 3 N–H and O–H groups in total. The van der Waals surface area contributed by atoms with E-state index in [1.807, 2.05) is 5.51 Å². The number of nitrogens with one attached hydrogen (secondary N) is 1. The third-order valence-corrected chi connectivity index (χ3v) is 3.55. The van der Waals surface area contributed by atoms with E-state index in [4.69, 9.17) is 5.73 Å². The minimum atomic E-state index is 0.0565. The van der Waals surface area contributed by atoms with Crippen molar-refractivity contribution in [1.29, 1.82) is 0 Å². The Morgan fingerprint density at radius 2 is 2.11 bits per heavy atom. The van der Waals surface area contributed by atoms with Crippen molar-refractivity contribution in [3.63, 3.8) is 0 Å². The number of nitrogens with two attached hydrogens (primary N) is 1. The van der Waals surface area contributed by atoms with Crippen LogP contribution in [0.25, 0.3) is 0 Å². The first-order valence-electron chi connectivity index (χ1n) is 6.15. The van der Waals surface area contributed by atoms with Crippen LogP contribution in [0.15, 0.2) is 35.2 Å². The van der Waals surface area contributed by atoms with Crippen molar-refractivity contribution >= 4 is 11.3 Å². The Morgan fingerprint density at radius 1 is 1.33 bits per heavy atom. The van der Waals surface area contributed by atoms with Crippen LogP contribution >= 0.6 is 11.3 Å². The Balaban J connectivity index is 1.71. The smallest absolute Gasteiger partial charge is 0.0794 e. The van der Waals surface area contributed by atoms with Gasteiger partial charge in [-0.05, 0) is 12.5 Å². The molecule has 1 unspecified atom stereocenters. The van der Waals surface area contributed by atoms with E-state index in [0.717, 1.165) is 25.2 Å². The van der Waals surface area contributed by atoms with E-state index in [-0.39, 0.29) is 6.04 Å². The lowest BCUT2D eigenvalue weighted by Gasteiger charge is -2.13. The summed E-state index contributed by atoms with van der Waals surface area (Å²) < 4.78 is 0. The highest BCUT2D eigenvalue weighted by atomic mass is 32.1. The first-order valence-corrected chi connectivity index (χ1v) is 7.10. The third-order valence-electron chi connectivity index (χ3n) is 2.91. The Hall–Kier alpha value is -1.23. The maximum absolute atomic E-state index is 6.13. The van der Waals surface area contributed by atoms with Gasteiger partial charge in [-0.15, -0.1) is 11.3 Å². The zero-order valence-corrected chi connectivity index (χ0v) is 11.4. The zero-order chi connectivity index (χ0) is 12.8. The maximum atomic E-state index is 6.13. The van der Waals surface area contributed by atoms with Gasteiger partial charge in [0.15, 0.2) is 0 Å².